The van der Waals surface area contributed by atoms with E-state index in [1.165, 1.54) is 11.1 Å². The highest BCUT2D eigenvalue weighted by Crippen LogP contribution is 2.49. The molecule has 0 N–H and O–H groups in total. The molecule has 3 aromatic carbocycles. The molecule has 2 aliphatic heterocycles. The molecule has 0 unspecified atom stereocenters. The highest BCUT2D eigenvalue weighted by Gasteiger charge is 2.61. The molecular weight excluding hydrogens is 422 g/mol. The van der Waals surface area contributed by atoms with E-state index in [0.29, 0.717) is 16.9 Å². The molecule has 2 fully saturated rings. The lowest BCUT2D eigenvalue weighted by Crippen LogP contribution is -2.37. The van der Waals surface area contributed by atoms with Gasteiger partial charge in [-0.3, -0.25) is 24.5 Å². The average molecular weight is 443 g/mol. The quantitative estimate of drug-likeness (QED) is 0.340. The van der Waals surface area contributed by atoms with Crippen molar-refractivity contribution in [3.8, 4) is 0 Å². The molecule has 3 atom stereocenters. The maximum absolute atomic E-state index is 13.7. The first-order valence-electron chi connectivity index (χ1n) is 10.6. The van der Waals surface area contributed by atoms with Crippen LogP contribution in [0.3, 0.4) is 0 Å². The summed E-state index contributed by atoms with van der Waals surface area (Å²) < 4.78 is 0. The summed E-state index contributed by atoms with van der Waals surface area (Å²) >= 11 is 0. The number of hydrogen-bond acceptors (Lipinski definition) is 6. The molecule has 0 radical (unpaired) electrons. The van der Waals surface area contributed by atoms with Crippen LogP contribution in [0.15, 0.2) is 72.8 Å². The summed E-state index contributed by atoms with van der Waals surface area (Å²) in [7, 11) is 0. The van der Waals surface area contributed by atoms with E-state index in [1.807, 2.05) is 32.0 Å². The lowest BCUT2D eigenvalue weighted by atomic mass is 9.89. The minimum absolute atomic E-state index is 0.127. The highest BCUT2D eigenvalue weighted by molar-refractivity contribution is 6.24. The van der Waals surface area contributed by atoms with E-state index < -0.39 is 34.8 Å². The molecule has 3 aromatic rings. The number of nitrogens with zero attached hydrogens (tertiary/aromatic N) is 3. The zero-order chi connectivity index (χ0) is 23.3. The lowest BCUT2D eigenvalue weighted by Gasteiger charge is -2.28. The molecule has 8 nitrogen and oxygen atoms in total. The van der Waals surface area contributed by atoms with Crippen LogP contribution in [0.5, 0.6) is 0 Å². The summed E-state index contributed by atoms with van der Waals surface area (Å²) in [5.74, 6) is -1.84. The molecule has 8 heteroatoms. The number of nitro groups is 1. The molecule has 2 saturated heterocycles. The molecule has 5 rings (SSSR count). The second-order valence-electron chi connectivity index (χ2n) is 8.28. The zero-order valence-corrected chi connectivity index (χ0v) is 18.0. The van der Waals surface area contributed by atoms with Gasteiger partial charge in [-0.2, -0.15) is 0 Å². The van der Waals surface area contributed by atoms with Crippen LogP contribution >= 0.6 is 0 Å². The number of benzene rings is 3. The number of anilines is 2. The number of fused-ring (bicyclic) bond motifs is 1. The Kier molecular flexibility index (Phi) is 4.94. The number of aryl methyl sites for hydroxylation is 2. The summed E-state index contributed by atoms with van der Waals surface area (Å²) in [6.45, 7) is 3.78. The number of para-hydroxylation sites is 2. The second kappa shape index (κ2) is 7.83. The van der Waals surface area contributed by atoms with Crippen LogP contribution < -0.4 is 9.96 Å². The monoisotopic (exact) mass is 443 g/mol. The van der Waals surface area contributed by atoms with Crippen LogP contribution in [0.25, 0.3) is 0 Å². The van der Waals surface area contributed by atoms with Gasteiger partial charge in [-0.1, -0.05) is 48.0 Å². The van der Waals surface area contributed by atoms with Crippen LogP contribution in [-0.4, -0.2) is 22.8 Å². The fourth-order valence-electron chi connectivity index (χ4n) is 4.73. The number of hydrogen-bond donors (Lipinski definition) is 0. The molecule has 0 aromatic heterocycles. The van der Waals surface area contributed by atoms with E-state index in [0.717, 1.165) is 16.0 Å². The second-order valence-corrected chi connectivity index (χ2v) is 8.28. The Balaban J connectivity index is 1.64. The van der Waals surface area contributed by atoms with Crippen LogP contribution in [0.2, 0.25) is 0 Å². The minimum atomic E-state index is -1.08. The maximum Gasteiger partial charge on any atom is 0.274 e. The van der Waals surface area contributed by atoms with E-state index in [9.17, 15) is 19.7 Å². The van der Waals surface area contributed by atoms with Gasteiger partial charge in [0.05, 0.1) is 21.9 Å². The Bertz CT molecular complexity index is 1280. The molecular formula is C25H21N3O5. The van der Waals surface area contributed by atoms with Crippen LogP contribution in [0.4, 0.5) is 17.1 Å². The van der Waals surface area contributed by atoms with Gasteiger partial charge in [0.25, 0.3) is 11.6 Å². The minimum Gasteiger partial charge on any atom is -0.273 e. The molecule has 0 aliphatic carbocycles. The molecule has 2 aliphatic rings. The number of amides is 2. The molecule has 2 heterocycles. The molecule has 33 heavy (non-hydrogen) atoms. The molecule has 0 spiro atoms. The molecule has 2 amide bonds. The van der Waals surface area contributed by atoms with Gasteiger partial charge in [-0.15, -0.1) is 0 Å². The lowest BCUT2D eigenvalue weighted by molar-refractivity contribution is -0.385. The number of nitro benzene ring substituents is 1. The first-order chi connectivity index (χ1) is 15.9. The number of carbonyl (C=O) groups excluding carboxylic acids is 2. The third-order valence-corrected chi connectivity index (χ3v) is 6.17. The fraction of sp³-hybridized carbons (Fsp3) is 0.200. The van der Waals surface area contributed by atoms with Crippen molar-refractivity contribution in [3.63, 3.8) is 0 Å². The van der Waals surface area contributed by atoms with Gasteiger partial charge in [0, 0.05) is 6.07 Å². The molecule has 0 bridgehead atoms. The standard InChI is InChI=1S/C25H21N3O5/c1-15-12-13-19(16(2)14-15)26-24(29)21-22(18-10-6-7-11-20(18)28(31)32)27(33-23(21)25(26)30)17-8-4-3-5-9-17/h3-14,21-23H,1-2H3/t21-,22-,23-/m1/s1. The highest BCUT2D eigenvalue weighted by atomic mass is 16.7. The van der Waals surface area contributed by atoms with Crippen molar-refractivity contribution < 1.29 is 19.3 Å². The molecule has 0 saturated carbocycles. The Morgan fingerprint density at radius 3 is 2.30 bits per heavy atom. The van der Waals surface area contributed by atoms with Gasteiger partial charge in [-0.05, 0) is 43.7 Å². The van der Waals surface area contributed by atoms with Crippen molar-refractivity contribution in [2.75, 3.05) is 9.96 Å². The predicted molar refractivity (Wildman–Crippen MR) is 122 cm³/mol. The SMILES string of the molecule is Cc1ccc(N2C(=O)[C@@H]3[C@@H](c4ccccc4[N+](=O)[O-])N(c4ccccc4)O[C@H]3C2=O)c(C)c1. The first kappa shape index (κ1) is 20.8. The summed E-state index contributed by atoms with van der Waals surface area (Å²) in [4.78, 5) is 45.7. The number of rotatable bonds is 4. The van der Waals surface area contributed by atoms with Crippen molar-refractivity contribution >= 4 is 28.9 Å². The van der Waals surface area contributed by atoms with Crippen molar-refractivity contribution in [1.82, 2.24) is 0 Å². The topological polar surface area (TPSA) is 93.0 Å². The maximum atomic E-state index is 13.7. The summed E-state index contributed by atoms with van der Waals surface area (Å²) in [5, 5.41) is 13.3. The number of imide groups is 1. The van der Waals surface area contributed by atoms with E-state index in [2.05, 4.69) is 0 Å². The third-order valence-electron chi connectivity index (χ3n) is 6.17. The van der Waals surface area contributed by atoms with Crippen molar-refractivity contribution in [1.29, 1.82) is 0 Å². The average Bonchev–Trinajstić information content (AvgIpc) is 3.31. The van der Waals surface area contributed by atoms with Gasteiger partial charge in [0.1, 0.15) is 12.0 Å². The zero-order valence-electron chi connectivity index (χ0n) is 18.0. The smallest absolute Gasteiger partial charge is 0.273 e. The molecule has 166 valence electrons. The summed E-state index contributed by atoms with van der Waals surface area (Å²) in [5.41, 5.74) is 3.11. The Hall–Kier alpha value is -4.04. The summed E-state index contributed by atoms with van der Waals surface area (Å²) in [6.07, 6.45) is -1.08. The third kappa shape index (κ3) is 3.27. The van der Waals surface area contributed by atoms with Crippen LogP contribution in [-0.2, 0) is 14.4 Å². The number of carbonyl (C=O) groups is 2. The fourth-order valence-corrected chi connectivity index (χ4v) is 4.73. The largest absolute Gasteiger partial charge is 0.274 e. The van der Waals surface area contributed by atoms with Gasteiger partial charge in [0.15, 0.2) is 6.10 Å². The van der Waals surface area contributed by atoms with E-state index >= 15 is 0 Å². The Labute approximate surface area is 190 Å². The van der Waals surface area contributed by atoms with Crippen LogP contribution in [0.1, 0.15) is 22.7 Å². The predicted octanol–water partition coefficient (Wildman–Crippen LogP) is 4.26. The Morgan fingerprint density at radius 2 is 1.61 bits per heavy atom. The van der Waals surface area contributed by atoms with E-state index in [-0.39, 0.29) is 5.69 Å². The van der Waals surface area contributed by atoms with Crippen molar-refractivity contribution in [2.45, 2.75) is 26.0 Å². The van der Waals surface area contributed by atoms with Gasteiger partial charge < -0.3 is 0 Å². The van der Waals surface area contributed by atoms with Crippen LogP contribution in [0, 0.1) is 29.9 Å². The van der Waals surface area contributed by atoms with E-state index in [4.69, 9.17) is 4.84 Å². The van der Waals surface area contributed by atoms with E-state index in [1.54, 1.807) is 48.5 Å². The normalized spacial score (nSPS) is 22.1. The number of hydroxylamine groups is 1. The van der Waals surface area contributed by atoms with Crippen molar-refractivity contribution in [2.24, 2.45) is 5.92 Å². The first-order valence-corrected chi connectivity index (χ1v) is 10.6. The van der Waals surface area contributed by atoms with Crippen molar-refractivity contribution in [3.05, 3.63) is 99.6 Å². The van der Waals surface area contributed by atoms with Gasteiger partial charge in [-0.25, -0.2) is 9.96 Å². The Morgan fingerprint density at radius 1 is 0.909 bits per heavy atom. The van der Waals surface area contributed by atoms with Gasteiger partial charge in [0.2, 0.25) is 5.91 Å². The summed E-state index contributed by atoms with van der Waals surface area (Å²) in [6, 6.07) is 19.9. The van der Waals surface area contributed by atoms with Gasteiger partial charge >= 0.3 is 0 Å².